The van der Waals surface area contributed by atoms with E-state index in [0.717, 1.165) is 0 Å². The fraction of sp³-hybridized carbons (Fsp3) is 0.900. The van der Waals surface area contributed by atoms with E-state index in [1.54, 1.807) is 0 Å². The maximum Gasteiger partial charge on any atom is 0.391 e. The van der Waals surface area contributed by atoms with Crippen LogP contribution in [0.2, 0.25) is 0 Å². The fourth-order valence-corrected chi connectivity index (χ4v) is 2.01. The van der Waals surface area contributed by atoms with E-state index in [1.165, 1.54) is 7.05 Å². The van der Waals surface area contributed by atoms with Crippen molar-refractivity contribution in [3.8, 4) is 0 Å². The Bertz CT molecular complexity index is 282. The van der Waals surface area contributed by atoms with Crippen LogP contribution >= 0.6 is 0 Å². The summed E-state index contributed by atoms with van der Waals surface area (Å²) in [4.78, 5) is 11.0. The average Bonchev–Trinajstić information content (AvgIpc) is 2.61. The number of halogens is 3. The molecule has 1 saturated carbocycles. The Morgan fingerprint density at radius 2 is 2.24 bits per heavy atom. The molecule has 1 aliphatic rings. The first-order valence-corrected chi connectivity index (χ1v) is 5.40. The molecule has 7 heteroatoms. The first-order valence-electron chi connectivity index (χ1n) is 5.40. The average molecular weight is 255 g/mol. The third kappa shape index (κ3) is 3.85. The monoisotopic (exact) mass is 255 g/mol. The topological polar surface area (TPSA) is 58.6 Å². The quantitative estimate of drug-likeness (QED) is 0.782. The normalized spacial score (nSPS) is 29.5. The van der Waals surface area contributed by atoms with Gasteiger partial charge in [-0.25, -0.2) is 0 Å². The second kappa shape index (κ2) is 5.22. The number of likely N-dealkylation sites (N-methyl/N-ethyl adjacent to an activating group) is 1. The minimum atomic E-state index is -4.23. The Morgan fingerprint density at radius 3 is 2.65 bits per heavy atom. The van der Waals surface area contributed by atoms with E-state index in [2.05, 4.69) is 5.32 Å². The lowest BCUT2D eigenvalue weighted by Gasteiger charge is -2.23. The van der Waals surface area contributed by atoms with E-state index in [4.69, 9.17) is 9.84 Å². The summed E-state index contributed by atoms with van der Waals surface area (Å²) in [5, 5.41) is 11.7. The summed E-state index contributed by atoms with van der Waals surface area (Å²) in [6.07, 6.45) is -4.60. The molecule has 2 N–H and O–H groups in total. The number of hydrogen-bond donors (Lipinski definition) is 2. The van der Waals surface area contributed by atoms with Crippen molar-refractivity contribution in [2.75, 3.05) is 13.7 Å². The van der Waals surface area contributed by atoms with Gasteiger partial charge in [0.2, 0.25) is 0 Å². The summed E-state index contributed by atoms with van der Waals surface area (Å²) in [6.45, 7) is -0.409. The zero-order valence-electron chi connectivity index (χ0n) is 9.51. The molecule has 0 aromatic heterocycles. The summed E-state index contributed by atoms with van der Waals surface area (Å²) in [5.74, 6) is -0.984. The predicted molar refractivity (Wildman–Crippen MR) is 53.7 cm³/mol. The van der Waals surface area contributed by atoms with Gasteiger partial charge in [0.05, 0.1) is 19.1 Å². The van der Waals surface area contributed by atoms with Gasteiger partial charge in [0.25, 0.3) is 0 Å². The summed E-state index contributed by atoms with van der Waals surface area (Å²) < 4.78 is 40.7. The molecule has 0 amide bonds. The van der Waals surface area contributed by atoms with Crippen LogP contribution in [-0.2, 0) is 9.53 Å². The van der Waals surface area contributed by atoms with Crippen LogP contribution in [0.15, 0.2) is 0 Å². The van der Waals surface area contributed by atoms with E-state index in [-0.39, 0.29) is 6.42 Å². The molecule has 17 heavy (non-hydrogen) atoms. The molecule has 0 heterocycles. The smallest absolute Gasteiger partial charge is 0.391 e. The van der Waals surface area contributed by atoms with Crippen molar-refractivity contribution in [1.82, 2.24) is 5.32 Å². The van der Waals surface area contributed by atoms with Gasteiger partial charge >= 0.3 is 12.1 Å². The second-order valence-corrected chi connectivity index (χ2v) is 4.24. The Hall–Kier alpha value is -0.820. The number of ether oxygens (including phenoxy) is 1. The van der Waals surface area contributed by atoms with Crippen LogP contribution in [0.25, 0.3) is 0 Å². The third-order valence-electron chi connectivity index (χ3n) is 3.10. The van der Waals surface area contributed by atoms with E-state index in [1.807, 2.05) is 0 Å². The van der Waals surface area contributed by atoms with Gasteiger partial charge in [-0.15, -0.1) is 0 Å². The number of carbonyl (C=O) groups is 1. The van der Waals surface area contributed by atoms with Crippen LogP contribution in [0, 0.1) is 0 Å². The van der Waals surface area contributed by atoms with Crippen molar-refractivity contribution in [1.29, 1.82) is 0 Å². The van der Waals surface area contributed by atoms with Crippen LogP contribution in [0.3, 0.4) is 0 Å². The highest BCUT2D eigenvalue weighted by atomic mass is 19.4. The molecule has 1 rings (SSSR count). The van der Waals surface area contributed by atoms with E-state index < -0.39 is 36.8 Å². The molecule has 0 bridgehead atoms. The molecular formula is C10H16F3NO3. The largest absolute Gasteiger partial charge is 0.480 e. The lowest BCUT2D eigenvalue weighted by molar-refractivity contribution is -0.151. The van der Waals surface area contributed by atoms with Gasteiger partial charge in [0.15, 0.2) is 0 Å². The summed E-state index contributed by atoms with van der Waals surface area (Å²) in [5.41, 5.74) is -1.05. The van der Waals surface area contributed by atoms with Gasteiger partial charge in [-0.1, -0.05) is 0 Å². The zero-order chi connectivity index (χ0) is 13.1. The van der Waals surface area contributed by atoms with Crippen molar-refractivity contribution in [3.63, 3.8) is 0 Å². The van der Waals surface area contributed by atoms with Gasteiger partial charge in [-0.2, -0.15) is 13.2 Å². The summed E-state index contributed by atoms with van der Waals surface area (Å²) in [7, 11) is 1.53. The van der Waals surface area contributed by atoms with Crippen molar-refractivity contribution in [3.05, 3.63) is 0 Å². The minimum Gasteiger partial charge on any atom is -0.480 e. The lowest BCUT2D eigenvalue weighted by Crippen LogP contribution is -2.48. The second-order valence-electron chi connectivity index (χ2n) is 4.24. The minimum absolute atomic E-state index is 0.205. The Labute approximate surface area is 97.1 Å². The van der Waals surface area contributed by atoms with E-state index >= 15 is 0 Å². The molecule has 0 aromatic rings. The zero-order valence-corrected chi connectivity index (χ0v) is 9.51. The SMILES string of the molecule is CNC1(C(=O)O)CCC(OCCC(F)(F)F)C1. The first-order chi connectivity index (χ1) is 7.79. The molecule has 100 valence electrons. The molecule has 1 fully saturated rings. The molecule has 1 aliphatic carbocycles. The van der Waals surface area contributed by atoms with Gasteiger partial charge < -0.3 is 15.2 Å². The van der Waals surface area contributed by atoms with Crippen molar-refractivity contribution < 1.29 is 27.8 Å². The number of alkyl halides is 3. The Kier molecular flexibility index (Phi) is 4.37. The Balaban J connectivity index is 2.38. The molecule has 0 aliphatic heterocycles. The molecule has 0 aromatic carbocycles. The number of carboxylic acids is 1. The first kappa shape index (κ1) is 14.2. The van der Waals surface area contributed by atoms with Crippen LogP contribution < -0.4 is 5.32 Å². The number of hydrogen-bond acceptors (Lipinski definition) is 3. The maximum absolute atomic E-state index is 11.9. The molecule has 2 unspecified atom stereocenters. The Morgan fingerprint density at radius 1 is 1.59 bits per heavy atom. The highest BCUT2D eigenvalue weighted by molar-refractivity contribution is 5.79. The molecule has 4 nitrogen and oxygen atoms in total. The number of rotatable bonds is 5. The van der Waals surface area contributed by atoms with Crippen molar-refractivity contribution in [2.24, 2.45) is 0 Å². The van der Waals surface area contributed by atoms with Gasteiger partial charge in [0.1, 0.15) is 5.54 Å². The van der Waals surface area contributed by atoms with Crippen LogP contribution in [0.4, 0.5) is 13.2 Å². The van der Waals surface area contributed by atoms with Crippen molar-refractivity contribution in [2.45, 2.75) is 43.5 Å². The highest BCUT2D eigenvalue weighted by Crippen LogP contribution is 2.32. The van der Waals surface area contributed by atoms with Gasteiger partial charge in [0, 0.05) is 6.42 Å². The fourth-order valence-electron chi connectivity index (χ4n) is 2.01. The number of nitrogens with one attached hydrogen (secondary N) is 1. The molecule has 2 atom stereocenters. The van der Waals surface area contributed by atoms with Crippen LogP contribution in [0.5, 0.6) is 0 Å². The van der Waals surface area contributed by atoms with Crippen LogP contribution in [-0.4, -0.2) is 42.5 Å². The van der Waals surface area contributed by atoms with Crippen LogP contribution in [0.1, 0.15) is 25.7 Å². The lowest BCUT2D eigenvalue weighted by atomic mass is 9.98. The molecule has 0 spiro atoms. The molecule has 0 saturated heterocycles. The van der Waals surface area contributed by atoms with Gasteiger partial charge in [-0.3, -0.25) is 4.79 Å². The predicted octanol–water partition coefficient (Wildman–Crippen LogP) is 1.55. The molecule has 0 radical (unpaired) electrons. The summed E-state index contributed by atoms with van der Waals surface area (Å²) >= 11 is 0. The maximum atomic E-state index is 11.9. The van der Waals surface area contributed by atoms with Gasteiger partial charge in [-0.05, 0) is 19.9 Å². The van der Waals surface area contributed by atoms with E-state index in [9.17, 15) is 18.0 Å². The third-order valence-corrected chi connectivity index (χ3v) is 3.10. The van der Waals surface area contributed by atoms with Crippen molar-refractivity contribution >= 4 is 5.97 Å². The van der Waals surface area contributed by atoms with E-state index in [0.29, 0.717) is 12.8 Å². The number of aliphatic carboxylic acids is 1. The molecular weight excluding hydrogens is 239 g/mol. The highest BCUT2D eigenvalue weighted by Gasteiger charge is 2.45. The standard InChI is InChI=1S/C10H16F3NO3/c1-14-9(8(15)16)3-2-7(6-9)17-5-4-10(11,12)13/h7,14H,2-6H2,1H3,(H,15,16). The summed E-state index contributed by atoms with van der Waals surface area (Å²) in [6, 6.07) is 0. The number of carboxylic acid groups (broad SMARTS) is 1.